The molecule has 1 aliphatic rings. The number of carbonyl (C=O) groups excluding carboxylic acids is 1. The first-order chi connectivity index (χ1) is 8.15. The fraction of sp³-hybridized carbons (Fsp3) is 0.462. The number of halogens is 1. The van der Waals surface area contributed by atoms with Gasteiger partial charge in [0.1, 0.15) is 5.82 Å². The summed E-state index contributed by atoms with van der Waals surface area (Å²) in [5.74, 6) is -0.653. The summed E-state index contributed by atoms with van der Waals surface area (Å²) in [5, 5.41) is 0. The van der Waals surface area contributed by atoms with Gasteiger partial charge < -0.3 is 10.6 Å². The molecule has 0 aliphatic carbocycles. The Kier molecular flexibility index (Phi) is 3.43. The van der Waals surface area contributed by atoms with Crippen LogP contribution in [0.4, 0.5) is 4.39 Å². The van der Waals surface area contributed by atoms with E-state index in [0.717, 1.165) is 12.8 Å². The smallest absolute Gasteiger partial charge is 0.257 e. The van der Waals surface area contributed by atoms with E-state index in [1.165, 1.54) is 6.07 Å². The molecule has 1 saturated heterocycles. The molecule has 1 aromatic rings. The summed E-state index contributed by atoms with van der Waals surface area (Å²) in [6.45, 7) is 2.78. The van der Waals surface area contributed by atoms with Gasteiger partial charge in [-0.3, -0.25) is 4.79 Å². The number of amides is 1. The number of likely N-dealkylation sites (tertiary alicyclic amines) is 1. The van der Waals surface area contributed by atoms with Gasteiger partial charge >= 0.3 is 0 Å². The molecule has 0 spiro atoms. The summed E-state index contributed by atoms with van der Waals surface area (Å²) in [4.78, 5) is 13.9. The number of carbonyl (C=O) groups is 1. The molecule has 1 heterocycles. The Morgan fingerprint density at radius 2 is 2.35 bits per heavy atom. The van der Waals surface area contributed by atoms with E-state index in [2.05, 4.69) is 0 Å². The van der Waals surface area contributed by atoms with E-state index in [0.29, 0.717) is 18.7 Å². The lowest BCUT2D eigenvalue weighted by Gasteiger charge is -2.23. The highest BCUT2D eigenvalue weighted by molar-refractivity contribution is 5.95. The second kappa shape index (κ2) is 4.84. The van der Waals surface area contributed by atoms with Crippen LogP contribution in [0.2, 0.25) is 0 Å². The van der Waals surface area contributed by atoms with Gasteiger partial charge in [-0.2, -0.15) is 0 Å². The highest BCUT2D eigenvalue weighted by Gasteiger charge is 2.29. The zero-order valence-corrected chi connectivity index (χ0v) is 9.95. The van der Waals surface area contributed by atoms with Gasteiger partial charge in [-0.1, -0.05) is 12.1 Å². The Bertz CT molecular complexity index is 433. The number of hydrogen-bond donors (Lipinski definition) is 1. The molecule has 2 N–H and O–H groups in total. The van der Waals surface area contributed by atoms with Crippen LogP contribution in [-0.4, -0.2) is 29.9 Å². The molecule has 17 heavy (non-hydrogen) atoms. The summed E-state index contributed by atoms with van der Waals surface area (Å²) in [7, 11) is 0. The van der Waals surface area contributed by atoms with Crippen LogP contribution in [0.1, 0.15) is 28.8 Å². The highest BCUT2D eigenvalue weighted by atomic mass is 19.1. The number of rotatable bonds is 2. The molecule has 4 heteroatoms. The van der Waals surface area contributed by atoms with Crippen molar-refractivity contribution in [3.8, 4) is 0 Å². The molecule has 0 unspecified atom stereocenters. The minimum absolute atomic E-state index is 0.0578. The maximum atomic E-state index is 13.9. The molecule has 2 rings (SSSR count). The Labute approximate surface area is 100 Å². The maximum Gasteiger partial charge on any atom is 0.257 e. The van der Waals surface area contributed by atoms with Crippen LogP contribution in [0.3, 0.4) is 0 Å². The number of nitrogens with zero attached hydrogens (tertiary/aromatic N) is 1. The van der Waals surface area contributed by atoms with Crippen molar-refractivity contribution in [2.75, 3.05) is 13.1 Å². The molecule has 92 valence electrons. The van der Waals surface area contributed by atoms with Crippen LogP contribution in [0.15, 0.2) is 18.2 Å². The van der Waals surface area contributed by atoms with E-state index in [1.807, 2.05) is 0 Å². The first kappa shape index (κ1) is 12.0. The third kappa shape index (κ3) is 2.17. The second-order valence-corrected chi connectivity index (χ2v) is 4.47. The van der Waals surface area contributed by atoms with Crippen molar-refractivity contribution in [3.63, 3.8) is 0 Å². The lowest BCUT2D eigenvalue weighted by Crippen LogP contribution is -2.40. The third-order valence-electron chi connectivity index (χ3n) is 3.33. The Morgan fingerprint density at radius 1 is 1.59 bits per heavy atom. The normalized spacial score (nSPS) is 19.7. The summed E-state index contributed by atoms with van der Waals surface area (Å²) >= 11 is 0. The van der Waals surface area contributed by atoms with Crippen molar-refractivity contribution in [1.82, 2.24) is 4.90 Å². The summed E-state index contributed by atoms with van der Waals surface area (Å²) in [6, 6.07) is 4.97. The standard InChI is InChI=1S/C13H17FN2O/c1-9-4-2-6-11(12(9)14)13(17)16-7-3-5-10(16)8-15/h2,4,6,10H,3,5,7-8,15H2,1H3/t10-/m1/s1. The first-order valence-electron chi connectivity index (χ1n) is 5.91. The average molecular weight is 236 g/mol. The topological polar surface area (TPSA) is 46.3 Å². The fourth-order valence-corrected chi connectivity index (χ4v) is 2.32. The first-order valence-corrected chi connectivity index (χ1v) is 5.91. The molecule has 1 aliphatic heterocycles. The van der Waals surface area contributed by atoms with Gasteiger partial charge in [-0.25, -0.2) is 4.39 Å². The van der Waals surface area contributed by atoms with Crippen molar-refractivity contribution in [2.45, 2.75) is 25.8 Å². The molecule has 0 bridgehead atoms. The van der Waals surface area contributed by atoms with Crippen LogP contribution in [-0.2, 0) is 0 Å². The van der Waals surface area contributed by atoms with E-state index in [-0.39, 0.29) is 17.5 Å². The van der Waals surface area contributed by atoms with Gasteiger partial charge in [0.2, 0.25) is 0 Å². The molecule has 1 aromatic carbocycles. The van der Waals surface area contributed by atoms with Gasteiger partial charge in [-0.15, -0.1) is 0 Å². The predicted octanol–water partition coefficient (Wildman–Crippen LogP) is 1.70. The number of aryl methyl sites for hydroxylation is 1. The Morgan fingerprint density at radius 3 is 3.06 bits per heavy atom. The molecule has 0 saturated carbocycles. The lowest BCUT2D eigenvalue weighted by atomic mass is 10.1. The Balaban J connectivity index is 2.28. The minimum Gasteiger partial charge on any atom is -0.334 e. The van der Waals surface area contributed by atoms with E-state index in [1.54, 1.807) is 24.0 Å². The predicted molar refractivity (Wildman–Crippen MR) is 64.2 cm³/mol. The van der Waals surface area contributed by atoms with Gasteiger partial charge in [0.25, 0.3) is 5.91 Å². The van der Waals surface area contributed by atoms with Crippen LogP contribution in [0, 0.1) is 12.7 Å². The summed E-state index contributed by atoms with van der Waals surface area (Å²) < 4.78 is 13.9. The highest BCUT2D eigenvalue weighted by Crippen LogP contribution is 2.21. The van der Waals surface area contributed by atoms with Crippen molar-refractivity contribution in [3.05, 3.63) is 35.1 Å². The van der Waals surface area contributed by atoms with Crippen LogP contribution in [0.25, 0.3) is 0 Å². The largest absolute Gasteiger partial charge is 0.334 e. The molecule has 0 aromatic heterocycles. The maximum absolute atomic E-state index is 13.9. The fourth-order valence-electron chi connectivity index (χ4n) is 2.32. The molecule has 1 fully saturated rings. The van der Waals surface area contributed by atoms with Crippen molar-refractivity contribution in [2.24, 2.45) is 5.73 Å². The van der Waals surface area contributed by atoms with Crippen molar-refractivity contribution in [1.29, 1.82) is 0 Å². The minimum atomic E-state index is -0.417. The van der Waals surface area contributed by atoms with Crippen molar-refractivity contribution >= 4 is 5.91 Å². The number of benzene rings is 1. The average Bonchev–Trinajstić information content (AvgIpc) is 2.80. The van der Waals surface area contributed by atoms with Crippen molar-refractivity contribution < 1.29 is 9.18 Å². The van der Waals surface area contributed by atoms with Crippen LogP contribution >= 0.6 is 0 Å². The van der Waals surface area contributed by atoms with E-state index in [9.17, 15) is 9.18 Å². The van der Waals surface area contributed by atoms with Gasteiger partial charge in [-0.05, 0) is 31.4 Å². The third-order valence-corrected chi connectivity index (χ3v) is 3.33. The quantitative estimate of drug-likeness (QED) is 0.849. The van der Waals surface area contributed by atoms with Gasteiger partial charge in [0.05, 0.1) is 5.56 Å². The monoisotopic (exact) mass is 236 g/mol. The van der Waals surface area contributed by atoms with E-state index >= 15 is 0 Å². The zero-order valence-electron chi connectivity index (χ0n) is 9.95. The zero-order chi connectivity index (χ0) is 12.4. The van der Waals surface area contributed by atoms with Crippen LogP contribution in [0.5, 0.6) is 0 Å². The van der Waals surface area contributed by atoms with Gasteiger partial charge in [0, 0.05) is 19.1 Å². The number of nitrogens with two attached hydrogens (primary N) is 1. The molecular weight excluding hydrogens is 219 g/mol. The molecular formula is C13H17FN2O. The van der Waals surface area contributed by atoms with Gasteiger partial charge in [0.15, 0.2) is 0 Å². The summed E-state index contributed by atoms with van der Waals surface area (Å²) in [5.41, 5.74) is 6.28. The van der Waals surface area contributed by atoms with E-state index < -0.39 is 5.82 Å². The second-order valence-electron chi connectivity index (χ2n) is 4.47. The van der Waals surface area contributed by atoms with E-state index in [4.69, 9.17) is 5.73 Å². The molecule has 1 amide bonds. The summed E-state index contributed by atoms with van der Waals surface area (Å²) in [6.07, 6.45) is 1.86. The number of hydrogen-bond acceptors (Lipinski definition) is 2. The molecule has 0 radical (unpaired) electrons. The molecule has 3 nitrogen and oxygen atoms in total. The SMILES string of the molecule is Cc1cccc(C(=O)N2CCC[C@@H]2CN)c1F. The lowest BCUT2D eigenvalue weighted by molar-refractivity contribution is 0.0736. The Hall–Kier alpha value is -1.42. The molecule has 1 atom stereocenters. The van der Waals surface area contributed by atoms with Crippen LogP contribution < -0.4 is 5.73 Å².